The van der Waals surface area contributed by atoms with Crippen LogP contribution in [-0.2, 0) is 14.4 Å². The molecule has 1 atom stereocenters. The molecule has 0 aliphatic carbocycles. The summed E-state index contributed by atoms with van der Waals surface area (Å²) in [5.41, 5.74) is 2.21. The lowest BCUT2D eigenvalue weighted by molar-refractivity contribution is -0.127. The van der Waals surface area contributed by atoms with Gasteiger partial charge in [0, 0.05) is 5.25 Å². The van der Waals surface area contributed by atoms with Crippen LogP contribution in [0.15, 0.2) is 0 Å². The van der Waals surface area contributed by atoms with Crippen molar-refractivity contribution in [2.45, 2.75) is 24.1 Å². The van der Waals surface area contributed by atoms with Crippen molar-refractivity contribution in [1.29, 1.82) is 0 Å². The van der Waals surface area contributed by atoms with E-state index < -0.39 is 6.04 Å². The number of carbonyl (C=O) groups excluding carboxylic acids is 2. The van der Waals surface area contributed by atoms with Crippen LogP contribution in [-0.4, -0.2) is 48.6 Å². The van der Waals surface area contributed by atoms with Gasteiger partial charge < -0.3 is 10.6 Å². The highest BCUT2D eigenvalue weighted by Gasteiger charge is 2.27. The molecule has 0 unspecified atom stereocenters. The summed E-state index contributed by atoms with van der Waals surface area (Å²) in [6.45, 7) is 2.26. The summed E-state index contributed by atoms with van der Waals surface area (Å²) in [6.07, 6.45) is 2.20. The Labute approximate surface area is 104 Å². The van der Waals surface area contributed by atoms with Crippen LogP contribution in [0.2, 0.25) is 0 Å². The zero-order valence-corrected chi connectivity index (χ0v) is 10.3. The number of thioether (sulfide) groups is 1. The van der Waals surface area contributed by atoms with E-state index in [0.29, 0.717) is 11.0 Å². The van der Waals surface area contributed by atoms with Crippen molar-refractivity contribution in [3.8, 4) is 0 Å². The van der Waals surface area contributed by atoms with Crippen molar-refractivity contribution < 1.29 is 14.4 Å². The largest absolute Gasteiger partial charge is 0.341 e. The van der Waals surface area contributed by atoms with Gasteiger partial charge in [0.05, 0.1) is 5.75 Å². The average Bonchev–Trinajstić information content (AvgIpc) is 2.74. The number of hydrogen-bond acceptors (Lipinski definition) is 5. The molecule has 2 aliphatic rings. The normalized spacial score (nSPS) is 25.6. The molecule has 3 N–H and O–H groups in total. The number of carbonyl (C=O) groups is 2. The molecule has 0 aromatic heterocycles. The number of amides is 2. The van der Waals surface area contributed by atoms with Crippen LogP contribution in [0.3, 0.4) is 0 Å². The van der Waals surface area contributed by atoms with Crippen LogP contribution in [0.4, 0.5) is 0 Å². The van der Waals surface area contributed by atoms with Gasteiger partial charge >= 0.3 is 0 Å². The second-order valence-corrected chi connectivity index (χ2v) is 5.45. The van der Waals surface area contributed by atoms with Gasteiger partial charge in [0.2, 0.25) is 5.91 Å². The number of rotatable bonds is 4. The van der Waals surface area contributed by atoms with Crippen molar-refractivity contribution in [3.05, 3.63) is 0 Å². The highest BCUT2D eigenvalue weighted by molar-refractivity contribution is 8.00. The fraction of sp³-hybridized carbons (Fsp3) is 0.800. The lowest BCUT2D eigenvalue weighted by atomic mass is 10.2. The van der Waals surface area contributed by atoms with E-state index in [4.69, 9.17) is 4.84 Å². The van der Waals surface area contributed by atoms with Gasteiger partial charge in [0.1, 0.15) is 12.6 Å². The molecule has 6 nitrogen and oxygen atoms in total. The molecule has 17 heavy (non-hydrogen) atoms. The maximum atomic E-state index is 11.6. The van der Waals surface area contributed by atoms with E-state index in [9.17, 15) is 9.59 Å². The molecule has 0 saturated carbocycles. The van der Waals surface area contributed by atoms with Gasteiger partial charge in [-0.3, -0.25) is 14.4 Å². The Morgan fingerprint density at radius 3 is 2.88 bits per heavy atom. The van der Waals surface area contributed by atoms with Crippen LogP contribution >= 0.6 is 11.8 Å². The summed E-state index contributed by atoms with van der Waals surface area (Å²) in [7, 11) is 0. The summed E-state index contributed by atoms with van der Waals surface area (Å²) in [5, 5.41) is 6.49. The Hall–Kier alpha value is -0.790. The monoisotopic (exact) mass is 259 g/mol. The van der Waals surface area contributed by atoms with Gasteiger partial charge in [-0.15, -0.1) is 11.8 Å². The van der Waals surface area contributed by atoms with E-state index in [0.717, 1.165) is 25.9 Å². The molecule has 0 bridgehead atoms. The maximum absolute atomic E-state index is 11.6. The Morgan fingerprint density at radius 2 is 2.24 bits per heavy atom. The average molecular weight is 259 g/mol. The smallest absolute Gasteiger partial charge is 0.268 e. The van der Waals surface area contributed by atoms with Crippen molar-refractivity contribution in [2.75, 3.05) is 25.4 Å². The molecule has 2 saturated heterocycles. The standard InChI is InChI=1S/C10H17N3O3S/c14-9(12-8-5-16-13-10(8)15)6-17-7-1-3-11-4-2-7/h7-8,11H,1-6H2,(H,12,14)(H,13,15)/t8-/m1/s1. The predicted octanol–water partition coefficient (Wildman–Crippen LogP) is -0.982. The first-order chi connectivity index (χ1) is 8.25. The van der Waals surface area contributed by atoms with Crippen molar-refractivity contribution in [2.24, 2.45) is 0 Å². The Balaban J connectivity index is 1.64. The SMILES string of the molecule is O=C(CSC1CCNCC1)N[C@@H]1CONC1=O. The van der Waals surface area contributed by atoms with Gasteiger partial charge in [-0.25, -0.2) is 5.48 Å². The number of nitrogens with one attached hydrogen (secondary N) is 3. The summed E-state index contributed by atoms with van der Waals surface area (Å²) >= 11 is 1.67. The third kappa shape index (κ3) is 3.86. The molecule has 2 aliphatic heterocycles. The molecule has 2 rings (SSSR count). The minimum Gasteiger partial charge on any atom is -0.341 e. The second kappa shape index (κ2) is 6.23. The van der Waals surface area contributed by atoms with E-state index in [1.165, 1.54) is 0 Å². The minimum absolute atomic E-state index is 0.0980. The highest BCUT2D eigenvalue weighted by Crippen LogP contribution is 2.19. The van der Waals surface area contributed by atoms with Crippen LogP contribution in [0.1, 0.15) is 12.8 Å². The molecule has 2 heterocycles. The fourth-order valence-corrected chi connectivity index (χ4v) is 2.88. The third-order valence-electron chi connectivity index (χ3n) is 2.81. The molecule has 96 valence electrons. The van der Waals surface area contributed by atoms with Gasteiger partial charge in [0.15, 0.2) is 0 Å². The molecule has 0 aromatic rings. The van der Waals surface area contributed by atoms with Crippen molar-refractivity contribution >= 4 is 23.6 Å². The molecule has 0 spiro atoms. The lowest BCUT2D eigenvalue weighted by Gasteiger charge is -2.21. The highest BCUT2D eigenvalue weighted by atomic mass is 32.2. The summed E-state index contributed by atoms with van der Waals surface area (Å²) < 4.78 is 0. The van der Waals surface area contributed by atoms with Gasteiger partial charge in [0.25, 0.3) is 5.91 Å². The Bertz CT molecular complexity index is 295. The first-order valence-corrected chi connectivity index (χ1v) is 6.84. The van der Waals surface area contributed by atoms with E-state index in [1.807, 2.05) is 0 Å². The van der Waals surface area contributed by atoms with Crippen LogP contribution < -0.4 is 16.1 Å². The van der Waals surface area contributed by atoms with E-state index in [-0.39, 0.29) is 18.4 Å². The fourth-order valence-electron chi connectivity index (χ4n) is 1.84. The van der Waals surface area contributed by atoms with Crippen LogP contribution in [0.5, 0.6) is 0 Å². The third-order valence-corrected chi connectivity index (χ3v) is 4.18. The molecule has 0 aromatic carbocycles. The van der Waals surface area contributed by atoms with E-state index in [2.05, 4.69) is 16.1 Å². The minimum atomic E-state index is -0.531. The first-order valence-electron chi connectivity index (χ1n) is 5.79. The van der Waals surface area contributed by atoms with Gasteiger partial charge in [-0.1, -0.05) is 0 Å². The number of piperidine rings is 1. The zero-order valence-electron chi connectivity index (χ0n) is 9.53. The number of hydroxylamine groups is 1. The van der Waals surface area contributed by atoms with E-state index in [1.54, 1.807) is 11.8 Å². The maximum Gasteiger partial charge on any atom is 0.268 e. The molecular formula is C10H17N3O3S. The molecular weight excluding hydrogens is 242 g/mol. The molecule has 7 heteroatoms. The molecule has 0 radical (unpaired) electrons. The Kier molecular flexibility index (Phi) is 4.64. The quantitative estimate of drug-likeness (QED) is 0.604. The number of hydrogen-bond donors (Lipinski definition) is 3. The van der Waals surface area contributed by atoms with Crippen molar-refractivity contribution in [1.82, 2.24) is 16.1 Å². The lowest BCUT2D eigenvalue weighted by Crippen LogP contribution is -2.42. The molecule has 2 amide bonds. The Morgan fingerprint density at radius 1 is 1.47 bits per heavy atom. The zero-order chi connectivity index (χ0) is 12.1. The summed E-state index contributed by atoms with van der Waals surface area (Å²) in [5.74, 6) is 0.0402. The topological polar surface area (TPSA) is 79.5 Å². The molecule has 2 fully saturated rings. The van der Waals surface area contributed by atoms with Gasteiger partial charge in [-0.05, 0) is 25.9 Å². The van der Waals surface area contributed by atoms with E-state index >= 15 is 0 Å². The predicted molar refractivity (Wildman–Crippen MR) is 64.4 cm³/mol. The summed E-state index contributed by atoms with van der Waals surface area (Å²) in [4.78, 5) is 27.5. The first kappa shape index (κ1) is 12.7. The second-order valence-electron chi connectivity index (χ2n) is 4.16. The van der Waals surface area contributed by atoms with Crippen molar-refractivity contribution in [3.63, 3.8) is 0 Å². The summed E-state index contributed by atoms with van der Waals surface area (Å²) in [6, 6.07) is -0.531. The van der Waals surface area contributed by atoms with Crippen LogP contribution in [0, 0.1) is 0 Å². The van der Waals surface area contributed by atoms with Gasteiger partial charge in [-0.2, -0.15) is 0 Å². The van der Waals surface area contributed by atoms with Crippen LogP contribution in [0.25, 0.3) is 0 Å².